The van der Waals surface area contributed by atoms with E-state index in [4.69, 9.17) is 9.15 Å². The van der Waals surface area contributed by atoms with Gasteiger partial charge in [0.25, 0.3) is 5.89 Å². The number of nitrogens with one attached hydrogen (secondary N) is 1. The molecule has 1 atom stereocenters. The molecule has 7 nitrogen and oxygen atoms in total. The van der Waals surface area contributed by atoms with Gasteiger partial charge in [-0.25, -0.2) is 4.79 Å². The van der Waals surface area contributed by atoms with Crippen LogP contribution in [0.5, 0.6) is 0 Å². The SMILES string of the molecule is CCOC(=O)/C(=C1\NC(=O)C(C)S1)c1nnc(-c2ccccc2)o1. The van der Waals surface area contributed by atoms with E-state index in [-0.39, 0.29) is 35.1 Å². The quantitative estimate of drug-likeness (QED) is 0.670. The summed E-state index contributed by atoms with van der Waals surface area (Å²) in [6.07, 6.45) is 0. The lowest BCUT2D eigenvalue weighted by Gasteiger charge is -2.06. The zero-order chi connectivity index (χ0) is 17.1. The summed E-state index contributed by atoms with van der Waals surface area (Å²) >= 11 is 1.23. The Morgan fingerprint density at radius 1 is 1.33 bits per heavy atom. The minimum Gasteiger partial charge on any atom is -0.462 e. The van der Waals surface area contributed by atoms with Crippen molar-refractivity contribution in [1.29, 1.82) is 0 Å². The summed E-state index contributed by atoms with van der Waals surface area (Å²) in [6.45, 7) is 3.65. The van der Waals surface area contributed by atoms with E-state index in [0.717, 1.165) is 5.56 Å². The minimum atomic E-state index is -0.613. The summed E-state index contributed by atoms with van der Waals surface area (Å²) in [5.74, 6) is -0.489. The van der Waals surface area contributed by atoms with Crippen molar-refractivity contribution in [1.82, 2.24) is 15.5 Å². The number of carbonyl (C=O) groups excluding carboxylic acids is 2. The second kappa shape index (κ2) is 6.88. The zero-order valence-electron chi connectivity index (χ0n) is 13.1. The summed E-state index contributed by atoms with van der Waals surface area (Å²) in [7, 11) is 0. The predicted molar refractivity (Wildman–Crippen MR) is 88.5 cm³/mol. The summed E-state index contributed by atoms with van der Waals surface area (Å²) in [5, 5.41) is 10.7. The van der Waals surface area contributed by atoms with Gasteiger partial charge in [0.2, 0.25) is 11.8 Å². The van der Waals surface area contributed by atoms with Crippen LogP contribution in [0.1, 0.15) is 19.7 Å². The van der Waals surface area contributed by atoms with Crippen LogP contribution >= 0.6 is 11.8 Å². The van der Waals surface area contributed by atoms with Crippen LogP contribution in [0.3, 0.4) is 0 Å². The van der Waals surface area contributed by atoms with Gasteiger partial charge in [0.1, 0.15) is 0 Å². The summed E-state index contributed by atoms with van der Waals surface area (Å²) < 4.78 is 10.7. The summed E-state index contributed by atoms with van der Waals surface area (Å²) in [5.41, 5.74) is 0.815. The molecule has 124 valence electrons. The maximum absolute atomic E-state index is 12.3. The largest absolute Gasteiger partial charge is 0.462 e. The fraction of sp³-hybridized carbons (Fsp3) is 0.250. The number of rotatable bonds is 4. The average molecular weight is 345 g/mol. The fourth-order valence-corrected chi connectivity index (χ4v) is 3.06. The molecule has 1 aromatic heterocycles. The third-order valence-corrected chi connectivity index (χ3v) is 4.38. The molecule has 1 aromatic carbocycles. The van der Waals surface area contributed by atoms with E-state index in [1.54, 1.807) is 13.8 Å². The van der Waals surface area contributed by atoms with Gasteiger partial charge in [-0.05, 0) is 26.0 Å². The topological polar surface area (TPSA) is 94.3 Å². The molecule has 1 aliphatic heterocycles. The molecule has 24 heavy (non-hydrogen) atoms. The van der Waals surface area contributed by atoms with Crippen LogP contribution in [0.4, 0.5) is 0 Å². The molecule has 2 aromatic rings. The number of aromatic nitrogens is 2. The molecule has 3 rings (SSSR count). The standard InChI is InChI=1S/C16H15N3O4S/c1-3-22-16(21)11(15-17-12(20)9(2)24-15)14-19-18-13(23-14)10-7-5-4-6-8-10/h4-9H,3H2,1-2H3,(H,17,20)/b15-11+. The smallest absolute Gasteiger partial charge is 0.346 e. The fourth-order valence-electron chi connectivity index (χ4n) is 2.10. The Balaban J connectivity index is 2.01. The number of amides is 1. The predicted octanol–water partition coefficient (Wildman–Crippen LogP) is 2.22. The Morgan fingerprint density at radius 3 is 2.71 bits per heavy atom. The van der Waals surface area contributed by atoms with E-state index < -0.39 is 5.97 Å². The molecule has 8 heteroatoms. The number of hydrogen-bond acceptors (Lipinski definition) is 7. The first kappa shape index (κ1) is 16.3. The van der Waals surface area contributed by atoms with E-state index in [2.05, 4.69) is 15.5 Å². The van der Waals surface area contributed by atoms with E-state index in [1.807, 2.05) is 30.3 Å². The Hall–Kier alpha value is -2.61. The summed E-state index contributed by atoms with van der Waals surface area (Å²) in [4.78, 5) is 24.1. The number of nitrogens with zero attached hydrogens (tertiary/aromatic N) is 2. The Kier molecular flexibility index (Phi) is 4.66. The molecule has 2 heterocycles. The molecule has 1 N–H and O–H groups in total. The second-order valence-electron chi connectivity index (χ2n) is 4.95. The molecule has 1 aliphatic rings. The molecule has 0 radical (unpaired) electrons. The van der Waals surface area contributed by atoms with Crippen LogP contribution in [-0.4, -0.2) is 33.9 Å². The minimum absolute atomic E-state index is 0.0178. The number of ether oxygens (including phenoxy) is 1. The van der Waals surface area contributed by atoms with Crippen molar-refractivity contribution in [2.75, 3.05) is 6.61 Å². The molecule has 1 amide bonds. The molecule has 1 unspecified atom stereocenters. The highest BCUT2D eigenvalue weighted by atomic mass is 32.2. The van der Waals surface area contributed by atoms with Crippen molar-refractivity contribution in [3.63, 3.8) is 0 Å². The van der Waals surface area contributed by atoms with Crippen LogP contribution < -0.4 is 5.32 Å². The molecule has 0 bridgehead atoms. The van der Waals surface area contributed by atoms with Gasteiger partial charge in [-0.1, -0.05) is 30.0 Å². The number of thioether (sulfide) groups is 1. The van der Waals surface area contributed by atoms with Crippen LogP contribution in [0.25, 0.3) is 17.0 Å². The monoisotopic (exact) mass is 345 g/mol. The van der Waals surface area contributed by atoms with Crippen molar-refractivity contribution in [3.05, 3.63) is 41.3 Å². The maximum atomic E-state index is 12.3. The molecule has 1 fully saturated rings. The van der Waals surface area contributed by atoms with Crippen molar-refractivity contribution in [2.24, 2.45) is 0 Å². The van der Waals surface area contributed by atoms with Crippen LogP contribution in [-0.2, 0) is 14.3 Å². The van der Waals surface area contributed by atoms with Crippen molar-refractivity contribution in [3.8, 4) is 11.5 Å². The average Bonchev–Trinajstić information content (AvgIpc) is 3.17. The van der Waals surface area contributed by atoms with Crippen LogP contribution in [0.2, 0.25) is 0 Å². The highest BCUT2D eigenvalue weighted by molar-refractivity contribution is 8.05. The first-order chi connectivity index (χ1) is 11.6. The Morgan fingerprint density at radius 2 is 2.08 bits per heavy atom. The van der Waals surface area contributed by atoms with E-state index >= 15 is 0 Å². The molecule has 1 saturated heterocycles. The molecular weight excluding hydrogens is 330 g/mol. The van der Waals surface area contributed by atoms with E-state index in [1.165, 1.54) is 11.8 Å². The van der Waals surface area contributed by atoms with E-state index in [0.29, 0.717) is 5.03 Å². The lowest BCUT2D eigenvalue weighted by atomic mass is 10.2. The number of esters is 1. The van der Waals surface area contributed by atoms with Gasteiger partial charge in [-0.3, -0.25) is 4.79 Å². The maximum Gasteiger partial charge on any atom is 0.346 e. The highest BCUT2D eigenvalue weighted by Gasteiger charge is 2.33. The van der Waals surface area contributed by atoms with Gasteiger partial charge in [0.15, 0.2) is 5.57 Å². The first-order valence-electron chi connectivity index (χ1n) is 7.38. The third kappa shape index (κ3) is 3.18. The van der Waals surface area contributed by atoms with Gasteiger partial charge in [0.05, 0.1) is 16.9 Å². The van der Waals surface area contributed by atoms with Crippen molar-refractivity contribution < 1.29 is 18.7 Å². The van der Waals surface area contributed by atoms with Gasteiger partial charge >= 0.3 is 5.97 Å². The lowest BCUT2D eigenvalue weighted by molar-refractivity contribution is -0.136. The molecular formula is C16H15N3O4S. The summed E-state index contributed by atoms with van der Waals surface area (Å²) in [6, 6.07) is 9.21. The third-order valence-electron chi connectivity index (χ3n) is 3.27. The van der Waals surface area contributed by atoms with Gasteiger partial charge in [-0.15, -0.1) is 10.2 Å². The van der Waals surface area contributed by atoms with Gasteiger partial charge in [0, 0.05) is 5.56 Å². The zero-order valence-corrected chi connectivity index (χ0v) is 13.9. The Labute approximate surface area is 142 Å². The number of benzene rings is 1. The Bertz CT molecular complexity index is 801. The number of carbonyl (C=O) groups is 2. The van der Waals surface area contributed by atoms with E-state index in [9.17, 15) is 9.59 Å². The molecule has 0 aliphatic carbocycles. The second-order valence-corrected chi connectivity index (χ2v) is 6.30. The number of hydrogen-bond donors (Lipinski definition) is 1. The lowest BCUT2D eigenvalue weighted by Crippen LogP contribution is -2.21. The van der Waals surface area contributed by atoms with Gasteiger partial charge in [-0.2, -0.15) is 0 Å². The van der Waals surface area contributed by atoms with Crippen LogP contribution in [0, 0.1) is 0 Å². The van der Waals surface area contributed by atoms with Gasteiger partial charge < -0.3 is 14.5 Å². The van der Waals surface area contributed by atoms with Crippen molar-refractivity contribution in [2.45, 2.75) is 19.1 Å². The van der Waals surface area contributed by atoms with Crippen LogP contribution in [0.15, 0.2) is 39.8 Å². The normalized spacial score (nSPS) is 19.1. The van der Waals surface area contributed by atoms with Crippen molar-refractivity contribution >= 4 is 29.2 Å². The first-order valence-corrected chi connectivity index (χ1v) is 8.26. The highest BCUT2D eigenvalue weighted by Crippen LogP contribution is 2.34. The molecule has 0 spiro atoms. The molecule has 0 saturated carbocycles.